The van der Waals surface area contributed by atoms with E-state index in [1.54, 1.807) is 0 Å². The smallest absolute Gasteiger partial charge is 0.251 e. The van der Waals surface area contributed by atoms with Gasteiger partial charge in [0.25, 0.3) is 5.91 Å². The largest absolute Gasteiger partial charge is 0.373 e. The van der Waals surface area contributed by atoms with Crippen molar-refractivity contribution in [2.24, 2.45) is 5.92 Å². The molecule has 0 radical (unpaired) electrons. The van der Waals surface area contributed by atoms with Crippen molar-refractivity contribution in [3.05, 3.63) is 23.4 Å². The molecule has 1 aliphatic carbocycles. The molecule has 1 amide bonds. The highest BCUT2D eigenvalue weighted by molar-refractivity contribution is 5.95. The zero-order chi connectivity index (χ0) is 13.7. The average molecular weight is 261 g/mol. The SMILES string of the molecule is CCCc1cc(C(=O)NCC2CCC2)cc(NC)n1. The van der Waals surface area contributed by atoms with Crippen LogP contribution in [0, 0.1) is 5.92 Å². The van der Waals surface area contributed by atoms with Crippen LogP contribution >= 0.6 is 0 Å². The van der Waals surface area contributed by atoms with Crippen molar-refractivity contribution in [1.29, 1.82) is 0 Å². The van der Waals surface area contributed by atoms with Crippen LogP contribution in [0.2, 0.25) is 0 Å². The van der Waals surface area contributed by atoms with Crippen molar-refractivity contribution < 1.29 is 4.79 Å². The summed E-state index contributed by atoms with van der Waals surface area (Å²) in [5.74, 6) is 1.47. The third-order valence-electron chi connectivity index (χ3n) is 3.68. The van der Waals surface area contributed by atoms with Crippen LogP contribution in [0.3, 0.4) is 0 Å². The molecule has 0 atom stereocenters. The summed E-state index contributed by atoms with van der Waals surface area (Å²) in [7, 11) is 1.83. The van der Waals surface area contributed by atoms with Gasteiger partial charge in [-0.25, -0.2) is 4.98 Å². The molecule has 2 N–H and O–H groups in total. The molecular weight excluding hydrogens is 238 g/mol. The Kier molecular flexibility index (Phi) is 4.77. The quantitative estimate of drug-likeness (QED) is 0.827. The highest BCUT2D eigenvalue weighted by atomic mass is 16.1. The van der Waals surface area contributed by atoms with Crippen LogP contribution in [0.25, 0.3) is 0 Å². The highest BCUT2D eigenvalue weighted by Gasteiger charge is 2.18. The maximum atomic E-state index is 12.1. The van der Waals surface area contributed by atoms with E-state index in [1.165, 1.54) is 19.3 Å². The molecule has 2 rings (SSSR count). The third kappa shape index (κ3) is 3.69. The zero-order valence-corrected chi connectivity index (χ0v) is 11.8. The molecule has 1 heterocycles. The summed E-state index contributed by atoms with van der Waals surface area (Å²) in [5, 5.41) is 6.04. The summed E-state index contributed by atoms with van der Waals surface area (Å²) >= 11 is 0. The van der Waals surface area contributed by atoms with Crippen LogP contribution in [0.4, 0.5) is 5.82 Å². The Bertz CT molecular complexity index is 441. The Balaban J connectivity index is 2.03. The molecule has 0 bridgehead atoms. The normalized spacial score (nSPS) is 14.8. The molecule has 0 aliphatic heterocycles. The van der Waals surface area contributed by atoms with Gasteiger partial charge in [-0.15, -0.1) is 0 Å². The van der Waals surface area contributed by atoms with Gasteiger partial charge in [0, 0.05) is 24.8 Å². The first-order valence-electron chi connectivity index (χ1n) is 7.19. The number of nitrogens with zero attached hydrogens (tertiary/aromatic N) is 1. The van der Waals surface area contributed by atoms with Gasteiger partial charge >= 0.3 is 0 Å². The maximum absolute atomic E-state index is 12.1. The van der Waals surface area contributed by atoms with Crippen LogP contribution in [-0.2, 0) is 6.42 Å². The van der Waals surface area contributed by atoms with E-state index < -0.39 is 0 Å². The molecule has 0 spiro atoms. The molecule has 1 aromatic rings. The van der Waals surface area contributed by atoms with E-state index in [2.05, 4.69) is 22.5 Å². The first-order valence-corrected chi connectivity index (χ1v) is 7.19. The predicted octanol–water partition coefficient (Wildman–Crippen LogP) is 2.61. The minimum absolute atomic E-state index is 0.0168. The van der Waals surface area contributed by atoms with E-state index in [0.717, 1.165) is 30.9 Å². The fourth-order valence-electron chi connectivity index (χ4n) is 2.27. The first-order chi connectivity index (χ1) is 9.22. The van der Waals surface area contributed by atoms with Crippen molar-refractivity contribution in [1.82, 2.24) is 10.3 Å². The van der Waals surface area contributed by atoms with Crippen LogP contribution in [0.15, 0.2) is 12.1 Å². The number of pyridine rings is 1. The van der Waals surface area contributed by atoms with Gasteiger partial charge in [0.2, 0.25) is 0 Å². The van der Waals surface area contributed by atoms with E-state index in [4.69, 9.17) is 0 Å². The molecule has 4 nitrogen and oxygen atoms in total. The average Bonchev–Trinajstić information content (AvgIpc) is 2.36. The standard InChI is InChI=1S/C15H23N3O/c1-3-5-13-8-12(9-14(16-2)18-13)15(19)17-10-11-6-4-7-11/h8-9,11H,3-7,10H2,1-2H3,(H,16,18)(H,17,19). The van der Waals surface area contributed by atoms with Crippen molar-refractivity contribution in [2.75, 3.05) is 18.9 Å². The molecule has 4 heteroatoms. The van der Waals surface area contributed by atoms with Crippen LogP contribution in [0.1, 0.15) is 48.7 Å². The summed E-state index contributed by atoms with van der Waals surface area (Å²) in [6.07, 6.45) is 5.74. The Hall–Kier alpha value is -1.58. The molecule has 0 aromatic carbocycles. The van der Waals surface area contributed by atoms with Gasteiger partial charge in [-0.3, -0.25) is 4.79 Å². The van der Waals surface area contributed by atoms with Gasteiger partial charge in [0.05, 0.1) is 0 Å². The molecule has 1 aliphatic rings. The van der Waals surface area contributed by atoms with E-state index >= 15 is 0 Å². The first kappa shape index (κ1) is 13.8. The van der Waals surface area contributed by atoms with Crippen LogP contribution < -0.4 is 10.6 Å². The fourth-order valence-corrected chi connectivity index (χ4v) is 2.27. The minimum atomic E-state index is 0.0168. The molecule has 1 aromatic heterocycles. The number of amides is 1. The second-order valence-electron chi connectivity index (χ2n) is 5.24. The lowest BCUT2D eigenvalue weighted by molar-refractivity contribution is 0.0939. The number of nitrogens with one attached hydrogen (secondary N) is 2. The number of aryl methyl sites for hydroxylation is 1. The number of aromatic nitrogens is 1. The number of carbonyl (C=O) groups is 1. The molecular formula is C15H23N3O. The van der Waals surface area contributed by atoms with E-state index in [9.17, 15) is 4.79 Å². The summed E-state index contributed by atoms with van der Waals surface area (Å²) in [6.45, 7) is 2.92. The zero-order valence-electron chi connectivity index (χ0n) is 11.8. The topological polar surface area (TPSA) is 54.0 Å². The van der Waals surface area contributed by atoms with Gasteiger partial charge in [-0.1, -0.05) is 19.8 Å². The maximum Gasteiger partial charge on any atom is 0.251 e. The Labute approximate surface area is 115 Å². The molecule has 1 saturated carbocycles. The van der Waals surface area contributed by atoms with Gasteiger partial charge in [0.1, 0.15) is 5.82 Å². The monoisotopic (exact) mass is 261 g/mol. The second kappa shape index (κ2) is 6.55. The lowest BCUT2D eigenvalue weighted by Gasteiger charge is -2.25. The van der Waals surface area contributed by atoms with E-state index in [1.807, 2.05) is 19.2 Å². The lowest BCUT2D eigenvalue weighted by Crippen LogP contribution is -2.32. The second-order valence-corrected chi connectivity index (χ2v) is 5.24. The Morgan fingerprint density at radius 2 is 2.21 bits per heavy atom. The van der Waals surface area contributed by atoms with E-state index in [-0.39, 0.29) is 5.91 Å². The summed E-state index contributed by atoms with van der Waals surface area (Å²) in [6, 6.07) is 3.72. The molecule has 0 saturated heterocycles. The summed E-state index contributed by atoms with van der Waals surface area (Å²) in [5.41, 5.74) is 1.69. The highest BCUT2D eigenvalue weighted by Crippen LogP contribution is 2.25. The lowest BCUT2D eigenvalue weighted by atomic mass is 9.85. The number of hydrogen-bond acceptors (Lipinski definition) is 3. The third-order valence-corrected chi connectivity index (χ3v) is 3.68. The van der Waals surface area contributed by atoms with Crippen molar-refractivity contribution >= 4 is 11.7 Å². The van der Waals surface area contributed by atoms with Crippen LogP contribution in [-0.4, -0.2) is 24.5 Å². The van der Waals surface area contributed by atoms with E-state index in [0.29, 0.717) is 11.5 Å². The Morgan fingerprint density at radius 3 is 2.79 bits per heavy atom. The van der Waals surface area contributed by atoms with Crippen LogP contribution in [0.5, 0.6) is 0 Å². The summed E-state index contributed by atoms with van der Waals surface area (Å²) < 4.78 is 0. The molecule has 19 heavy (non-hydrogen) atoms. The number of rotatable bonds is 6. The van der Waals surface area contributed by atoms with Crippen molar-refractivity contribution in [3.63, 3.8) is 0 Å². The van der Waals surface area contributed by atoms with Gasteiger partial charge in [0.15, 0.2) is 0 Å². The van der Waals surface area contributed by atoms with Gasteiger partial charge < -0.3 is 10.6 Å². The fraction of sp³-hybridized carbons (Fsp3) is 0.600. The molecule has 1 fully saturated rings. The number of anilines is 1. The molecule has 104 valence electrons. The predicted molar refractivity (Wildman–Crippen MR) is 77.5 cm³/mol. The number of hydrogen-bond donors (Lipinski definition) is 2. The minimum Gasteiger partial charge on any atom is -0.373 e. The Morgan fingerprint density at radius 1 is 1.42 bits per heavy atom. The van der Waals surface area contributed by atoms with Crippen molar-refractivity contribution in [3.8, 4) is 0 Å². The summed E-state index contributed by atoms with van der Waals surface area (Å²) in [4.78, 5) is 16.6. The van der Waals surface area contributed by atoms with Crippen molar-refractivity contribution in [2.45, 2.75) is 39.0 Å². The number of carbonyl (C=O) groups excluding carboxylic acids is 1. The van der Waals surface area contributed by atoms with Gasteiger partial charge in [-0.05, 0) is 37.3 Å². The van der Waals surface area contributed by atoms with Gasteiger partial charge in [-0.2, -0.15) is 0 Å². The molecule has 0 unspecified atom stereocenters.